The smallest absolute Gasteiger partial charge is 0.407 e. The molecule has 0 saturated heterocycles. The number of hydrogen-bond acceptors (Lipinski definition) is 8. The maximum atomic E-state index is 13.3. The third kappa shape index (κ3) is 9.46. The van der Waals surface area contributed by atoms with Gasteiger partial charge >= 0.3 is 16.4 Å². The predicted octanol–water partition coefficient (Wildman–Crippen LogP) is 3.45. The third-order valence-corrected chi connectivity index (χ3v) is 6.77. The molecule has 13 heteroatoms. The Labute approximate surface area is 220 Å². The Balaban J connectivity index is 0.00000481. The number of benzene rings is 2. The summed E-state index contributed by atoms with van der Waals surface area (Å²) in [6, 6.07) is 14.3. The lowest BCUT2D eigenvalue weighted by atomic mass is 10.0. The summed E-state index contributed by atoms with van der Waals surface area (Å²) < 4.78 is 37.8. The molecule has 0 aliphatic carbocycles. The van der Waals surface area contributed by atoms with Crippen molar-refractivity contribution in [3.05, 3.63) is 81.8 Å². The molecule has 0 radical (unpaired) electrons. The molecule has 7 N–H and O–H groups in total. The van der Waals surface area contributed by atoms with Crippen LogP contribution in [0.25, 0.3) is 0 Å². The van der Waals surface area contributed by atoms with Crippen LogP contribution in [0.1, 0.15) is 34.8 Å². The molecule has 3 rings (SSSR count). The molecule has 0 saturated carbocycles. The van der Waals surface area contributed by atoms with Gasteiger partial charge < -0.3 is 21.5 Å². The Bertz CT molecular complexity index is 1270. The van der Waals surface area contributed by atoms with Gasteiger partial charge in [0.15, 0.2) is 0 Å². The molecule has 0 bridgehead atoms. The van der Waals surface area contributed by atoms with Crippen LogP contribution in [-0.4, -0.2) is 43.1 Å². The van der Waals surface area contributed by atoms with Crippen molar-refractivity contribution in [1.82, 2.24) is 21.8 Å². The molecular weight excluding hydrogens is 518 g/mol. The van der Waals surface area contributed by atoms with Gasteiger partial charge in [-0.2, -0.15) is 8.42 Å². The molecule has 11 nitrogen and oxygen atoms in total. The summed E-state index contributed by atoms with van der Waals surface area (Å²) in [7, 11) is -3.15. The highest BCUT2D eigenvalue weighted by Crippen LogP contribution is 2.23. The molecule has 0 spiro atoms. The van der Waals surface area contributed by atoms with Crippen molar-refractivity contribution in [2.24, 2.45) is 0 Å². The molecule has 2 amide bonds. The first kappa shape index (κ1) is 29.7. The van der Waals surface area contributed by atoms with E-state index in [4.69, 9.17) is 9.29 Å². The van der Waals surface area contributed by atoms with E-state index in [0.717, 1.165) is 22.6 Å². The van der Waals surface area contributed by atoms with Gasteiger partial charge in [0.05, 0.1) is 29.5 Å². The Morgan fingerprint density at radius 1 is 1.03 bits per heavy atom. The maximum absolute atomic E-state index is 13.3. The molecule has 1 heterocycles. The first-order chi connectivity index (χ1) is 17.2. The lowest BCUT2D eigenvalue weighted by Crippen LogP contribution is -2.49. The van der Waals surface area contributed by atoms with Crippen LogP contribution in [0.5, 0.6) is 0 Å². The number of nitrogens with zero attached hydrogens (tertiary/aromatic N) is 1. The fourth-order valence-corrected chi connectivity index (χ4v) is 4.74. The van der Waals surface area contributed by atoms with E-state index in [1.54, 1.807) is 12.1 Å². The Kier molecular flexibility index (Phi) is 11.0. The average Bonchev–Trinajstić information content (AvgIpc) is 3.33. The summed E-state index contributed by atoms with van der Waals surface area (Å²) >= 11 is 1.49. The Morgan fingerprint density at radius 3 is 2.24 bits per heavy atom. The third-order valence-electron chi connectivity index (χ3n) is 5.26. The quantitative estimate of drug-likeness (QED) is 0.225. The molecule has 37 heavy (non-hydrogen) atoms. The van der Waals surface area contributed by atoms with E-state index in [1.165, 1.54) is 30.6 Å². The van der Waals surface area contributed by atoms with Crippen LogP contribution >= 0.6 is 11.3 Å². The van der Waals surface area contributed by atoms with Crippen LogP contribution in [0.4, 0.5) is 10.5 Å². The molecule has 0 aliphatic rings. The van der Waals surface area contributed by atoms with E-state index in [9.17, 15) is 18.0 Å². The average molecular weight is 550 g/mol. The fraction of sp³-hybridized carbons (Fsp3) is 0.292. The first-order valence-corrected chi connectivity index (χ1v) is 13.5. The second-order valence-electron chi connectivity index (χ2n) is 7.94. The minimum Gasteiger partial charge on any atom is -0.453 e. The van der Waals surface area contributed by atoms with Crippen molar-refractivity contribution < 1.29 is 27.3 Å². The van der Waals surface area contributed by atoms with Crippen LogP contribution in [0.3, 0.4) is 0 Å². The number of ether oxygens (including phenoxy) is 1. The van der Waals surface area contributed by atoms with E-state index in [-0.39, 0.29) is 18.3 Å². The molecule has 0 aliphatic heterocycles. The molecule has 0 fully saturated rings. The summed E-state index contributed by atoms with van der Waals surface area (Å²) in [5.74, 6) is -0.398. The number of aryl methyl sites for hydroxylation is 1. The van der Waals surface area contributed by atoms with Crippen molar-refractivity contribution in [1.29, 1.82) is 0 Å². The number of aromatic nitrogens is 1. The minimum atomic E-state index is -4.38. The zero-order valence-electron chi connectivity index (χ0n) is 20.5. The van der Waals surface area contributed by atoms with E-state index >= 15 is 0 Å². The van der Waals surface area contributed by atoms with Gasteiger partial charge in [0.25, 0.3) is 0 Å². The molecule has 2 aromatic carbocycles. The fourth-order valence-electron chi connectivity index (χ4n) is 3.50. The SMILES string of the molecule is CCc1nc([C@H](Cc2ccc(NS(=O)(=O)O)cc2)NC(=O)[C@H](Cc2ccccc2)NC(=O)OC)cs1.N. The second-order valence-corrected chi connectivity index (χ2v) is 10.0. The van der Waals surface area contributed by atoms with Gasteiger partial charge in [-0.15, -0.1) is 11.3 Å². The highest BCUT2D eigenvalue weighted by atomic mass is 32.2. The number of anilines is 1. The lowest BCUT2D eigenvalue weighted by Gasteiger charge is -2.23. The van der Waals surface area contributed by atoms with Gasteiger partial charge in [0.2, 0.25) is 5.91 Å². The summed E-state index contributed by atoms with van der Waals surface area (Å²) in [6.45, 7) is 1.99. The topological polar surface area (TPSA) is 182 Å². The van der Waals surface area contributed by atoms with E-state index in [2.05, 4.69) is 15.6 Å². The van der Waals surface area contributed by atoms with Crippen molar-refractivity contribution in [2.75, 3.05) is 11.8 Å². The Morgan fingerprint density at radius 2 is 1.68 bits per heavy atom. The van der Waals surface area contributed by atoms with Crippen LogP contribution in [0.2, 0.25) is 0 Å². The van der Waals surface area contributed by atoms with Crippen LogP contribution in [0, 0.1) is 0 Å². The summed E-state index contributed by atoms with van der Waals surface area (Å²) in [6.07, 6.45) is 0.663. The van der Waals surface area contributed by atoms with Crippen molar-refractivity contribution in [2.45, 2.75) is 38.3 Å². The highest BCUT2D eigenvalue weighted by Gasteiger charge is 2.26. The number of rotatable bonds is 11. The molecule has 3 aromatic rings. The van der Waals surface area contributed by atoms with Crippen molar-refractivity contribution in [3.63, 3.8) is 0 Å². The number of thiazole rings is 1. The van der Waals surface area contributed by atoms with Crippen molar-refractivity contribution >= 4 is 39.3 Å². The van der Waals surface area contributed by atoms with Gasteiger partial charge in [-0.05, 0) is 36.1 Å². The molecule has 2 atom stereocenters. The monoisotopic (exact) mass is 549 g/mol. The standard InChI is InChI=1S/C24H28N4O6S2.H3N/c1-3-22-25-21(15-35-22)19(13-17-9-11-18(12-10-17)28-36(31,32)33)26-23(29)20(27-24(30)34-2)14-16-7-5-4-6-8-16;/h4-12,15,19-20,28H,3,13-14H2,1-2H3,(H,26,29)(H,27,30)(H,31,32,33);1H3/t19-,20-;/m0./s1. The molecule has 200 valence electrons. The number of carbonyl (C=O) groups is 2. The lowest BCUT2D eigenvalue weighted by molar-refractivity contribution is -0.123. The van der Waals surface area contributed by atoms with Gasteiger partial charge in [-0.1, -0.05) is 49.4 Å². The normalized spacial score (nSPS) is 12.5. The number of amides is 2. The van der Waals surface area contributed by atoms with Crippen LogP contribution in [0.15, 0.2) is 60.0 Å². The molecule has 1 aromatic heterocycles. The first-order valence-electron chi connectivity index (χ1n) is 11.1. The molecular formula is C24H31N5O6S2. The number of alkyl carbamates (subject to hydrolysis) is 1. The minimum absolute atomic E-state index is 0. The number of hydrogen-bond donors (Lipinski definition) is 5. The number of methoxy groups -OCH3 is 1. The Hall–Kier alpha value is -3.52. The zero-order valence-corrected chi connectivity index (χ0v) is 22.1. The number of carbonyl (C=O) groups excluding carboxylic acids is 2. The summed E-state index contributed by atoms with van der Waals surface area (Å²) in [5.41, 5.74) is 2.55. The van der Waals surface area contributed by atoms with Crippen molar-refractivity contribution in [3.8, 4) is 0 Å². The number of nitrogens with one attached hydrogen (secondary N) is 3. The van der Waals surface area contributed by atoms with Gasteiger partial charge in [-0.25, -0.2) is 9.78 Å². The van der Waals surface area contributed by atoms with E-state index < -0.39 is 34.4 Å². The van der Waals surface area contributed by atoms with E-state index in [1.807, 2.05) is 47.4 Å². The zero-order chi connectivity index (χ0) is 26.1. The summed E-state index contributed by atoms with van der Waals surface area (Å²) in [5, 5.41) is 8.42. The predicted molar refractivity (Wildman–Crippen MR) is 142 cm³/mol. The van der Waals surface area contributed by atoms with Crippen LogP contribution < -0.4 is 21.5 Å². The largest absolute Gasteiger partial charge is 0.453 e. The highest BCUT2D eigenvalue weighted by molar-refractivity contribution is 7.87. The van der Waals surface area contributed by atoms with E-state index in [0.29, 0.717) is 12.1 Å². The van der Waals surface area contributed by atoms with Crippen LogP contribution in [-0.2, 0) is 39.1 Å². The second kappa shape index (κ2) is 13.7. The van der Waals surface area contributed by atoms with Gasteiger partial charge in [-0.3, -0.25) is 14.1 Å². The maximum Gasteiger partial charge on any atom is 0.407 e. The summed E-state index contributed by atoms with van der Waals surface area (Å²) in [4.78, 5) is 29.9. The molecule has 0 unspecified atom stereocenters. The van der Waals surface area contributed by atoms with Gasteiger partial charge in [0.1, 0.15) is 6.04 Å². The van der Waals surface area contributed by atoms with Gasteiger partial charge in [0, 0.05) is 11.8 Å².